The summed E-state index contributed by atoms with van der Waals surface area (Å²) in [7, 11) is 0. The number of nitrogens with two attached hydrogens (primary N) is 1. The molecule has 0 aliphatic heterocycles. The summed E-state index contributed by atoms with van der Waals surface area (Å²) >= 11 is 0. The van der Waals surface area contributed by atoms with Gasteiger partial charge in [-0.25, -0.2) is 0 Å². The molecule has 1 aliphatic rings. The van der Waals surface area contributed by atoms with Crippen molar-refractivity contribution in [3.05, 3.63) is 0 Å². The Balaban J connectivity index is 2.19. The van der Waals surface area contributed by atoms with Crippen LogP contribution in [0.15, 0.2) is 0 Å². The molecule has 2 unspecified atom stereocenters. The summed E-state index contributed by atoms with van der Waals surface area (Å²) in [5.74, 6) is 0.793. The molecular weight excluding hydrogens is 150 g/mol. The minimum absolute atomic E-state index is 0.0121. The lowest BCUT2D eigenvalue weighted by Gasteiger charge is -2.20. The minimum atomic E-state index is -0.286. The van der Waals surface area contributed by atoms with E-state index in [1.807, 2.05) is 6.92 Å². The van der Waals surface area contributed by atoms with E-state index in [1.54, 1.807) is 0 Å². The quantitative estimate of drug-likeness (QED) is 0.676. The molecule has 0 radical (unpaired) electrons. The van der Waals surface area contributed by atoms with Crippen LogP contribution < -0.4 is 5.73 Å². The van der Waals surface area contributed by atoms with E-state index in [1.165, 1.54) is 25.7 Å². The van der Waals surface area contributed by atoms with E-state index in [4.69, 9.17) is 5.73 Å². The molecule has 0 saturated heterocycles. The third kappa shape index (κ3) is 2.76. The fraction of sp³-hybridized carbons (Fsp3) is 1.00. The molecule has 2 atom stereocenters. The Labute approximate surface area is 75.2 Å². The molecule has 1 rings (SSSR count). The molecule has 3 N–H and O–H groups in total. The van der Waals surface area contributed by atoms with E-state index in [-0.39, 0.29) is 12.1 Å². The third-order valence-corrected chi connectivity index (χ3v) is 2.99. The van der Waals surface area contributed by atoms with Crippen molar-refractivity contribution in [2.24, 2.45) is 11.7 Å². The Morgan fingerprint density at radius 3 is 2.50 bits per heavy atom. The number of rotatable bonds is 4. The van der Waals surface area contributed by atoms with Gasteiger partial charge in [-0.1, -0.05) is 32.6 Å². The van der Waals surface area contributed by atoms with Gasteiger partial charge in [0.2, 0.25) is 0 Å². The number of aliphatic hydroxyl groups is 1. The Kier molecular flexibility index (Phi) is 4.02. The zero-order chi connectivity index (χ0) is 8.97. The summed E-state index contributed by atoms with van der Waals surface area (Å²) in [5.41, 5.74) is 5.86. The van der Waals surface area contributed by atoms with Crippen LogP contribution in [0.3, 0.4) is 0 Å². The van der Waals surface area contributed by atoms with E-state index in [2.05, 4.69) is 0 Å². The third-order valence-electron chi connectivity index (χ3n) is 2.99. The summed E-state index contributed by atoms with van der Waals surface area (Å²) in [5, 5.41) is 9.46. The second kappa shape index (κ2) is 4.83. The molecule has 0 amide bonds. The van der Waals surface area contributed by atoms with Crippen molar-refractivity contribution in [1.29, 1.82) is 0 Å². The fourth-order valence-corrected chi connectivity index (χ4v) is 2.09. The van der Waals surface area contributed by atoms with E-state index in [9.17, 15) is 5.11 Å². The van der Waals surface area contributed by atoms with Gasteiger partial charge in [0.25, 0.3) is 0 Å². The van der Waals surface area contributed by atoms with Crippen LogP contribution in [-0.2, 0) is 0 Å². The topological polar surface area (TPSA) is 46.2 Å². The summed E-state index contributed by atoms with van der Waals surface area (Å²) in [6.45, 7) is 1.99. The molecule has 0 spiro atoms. The first-order valence-corrected chi connectivity index (χ1v) is 5.17. The van der Waals surface area contributed by atoms with Crippen molar-refractivity contribution >= 4 is 0 Å². The van der Waals surface area contributed by atoms with Crippen LogP contribution in [0, 0.1) is 5.92 Å². The van der Waals surface area contributed by atoms with Gasteiger partial charge in [-0.05, 0) is 18.8 Å². The molecule has 0 heterocycles. The van der Waals surface area contributed by atoms with Crippen molar-refractivity contribution < 1.29 is 5.11 Å². The number of aliphatic hydroxyl groups excluding tert-OH is 1. The predicted octanol–water partition coefficient (Wildman–Crippen LogP) is 1.66. The van der Waals surface area contributed by atoms with Crippen LogP contribution in [0.5, 0.6) is 0 Å². The fourth-order valence-electron chi connectivity index (χ4n) is 2.09. The van der Waals surface area contributed by atoms with Gasteiger partial charge in [-0.2, -0.15) is 0 Å². The maximum Gasteiger partial charge on any atom is 0.0688 e. The largest absolute Gasteiger partial charge is 0.392 e. The van der Waals surface area contributed by atoms with Crippen LogP contribution in [0.4, 0.5) is 0 Å². The lowest BCUT2D eigenvalue weighted by Crippen LogP contribution is -2.35. The van der Waals surface area contributed by atoms with Crippen LogP contribution in [0.2, 0.25) is 0 Å². The van der Waals surface area contributed by atoms with E-state index >= 15 is 0 Å². The molecular formula is C10H21NO. The zero-order valence-electron chi connectivity index (χ0n) is 8.00. The van der Waals surface area contributed by atoms with Crippen molar-refractivity contribution in [1.82, 2.24) is 0 Å². The lowest BCUT2D eigenvalue weighted by molar-refractivity contribution is 0.128. The summed E-state index contributed by atoms with van der Waals surface area (Å²) in [6.07, 6.45) is 6.89. The molecule has 1 fully saturated rings. The van der Waals surface area contributed by atoms with Crippen LogP contribution in [0.25, 0.3) is 0 Å². The van der Waals surface area contributed by atoms with E-state index < -0.39 is 0 Å². The average Bonchev–Trinajstić information content (AvgIpc) is 2.55. The summed E-state index contributed by atoms with van der Waals surface area (Å²) in [6, 6.07) is 0.0121. The monoisotopic (exact) mass is 171 g/mol. The van der Waals surface area contributed by atoms with Crippen LogP contribution >= 0.6 is 0 Å². The van der Waals surface area contributed by atoms with Crippen molar-refractivity contribution in [2.45, 2.75) is 57.6 Å². The highest BCUT2D eigenvalue weighted by atomic mass is 16.3. The second-order valence-corrected chi connectivity index (χ2v) is 4.03. The number of hydrogen-bond donors (Lipinski definition) is 2. The molecule has 72 valence electrons. The molecule has 1 aliphatic carbocycles. The Morgan fingerprint density at radius 2 is 2.00 bits per heavy atom. The van der Waals surface area contributed by atoms with Crippen molar-refractivity contribution in [2.75, 3.05) is 0 Å². The predicted molar refractivity (Wildman–Crippen MR) is 50.8 cm³/mol. The van der Waals surface area contributed by atoms with Gasteiger partial charge in [-0.3, -0.25) is 0 Å². The van der Waals surface area contributed by atoms with Gasteiger partial charge in [0.15, 0.2) is 0 Å². The summed E-state index contributed by atoms with van der Waals surface area (Å²) < 4.78 is 0. The van der Waals surface area contributed by atoms with E-state index in [0.717, 1.165) is 18.8 Å². The standard InChI is InChI=1S/C10H21NO/c1-2-10(12)9(11)7-8-5-3-4-6-8/h8-10,12H,2-7,11H2,1H3. The molecule has 0 aromatic heterocycles. The minimum Gasteiger partial charge on any atom is -0.392 e. The van der Waals surface area contributed by atoms with Crippen molar-refractivity contribution in [3.63, 3.8) is 0 Å². The Bertz CT molecular complexity index is 121. The van der Waals surface area contributed by atoms with Crippen LogP contribution in [-0.4, -0.2) is 17.3 Å². The highest BCUT2D eigenvalue weighted by Gasteiger charge is 2.21. The molecule has 0 bridgehead atoms. The molecule has 0 aromatic rings. The van der Waals surface area contributed by atoms with Gasteiger partial charge in [-0.15, -0.1) is 0 Å². The molecule has 2 nitrogen and oxygen atoms in total. The van der Waals surface area contributed by atoms with Crippen LogP contribution in [0.1, 0.15) is 45.4 Å². The smallest absolute Gasteiger partial charge is 0.0688 e. The highest BCUT2D eigenvalue weighted by molar-refractivity contribution is 4.77. The average molecular weight is 171 g/mol. The Morgan fingerprint density at radius 1 is 1.42 bits per heavy atom. The van der Waals surface area contributed by atoms with Crippen molar-refractivity contribution in [3.8, 4) is 0 Å². The van der Waals surface area contributed by atoms with Gasteiger partial charge in [0.05, 0.1) is 6.10 Å². The number of hydrogen-bond acceptors (Lipinski definition) is 2. The first-order valence-electron chi connectivity index (χ1n) is 5.17. The highest BCUT2D eigenvalue weighted by Crippen LogP contribution is 2.28. The van der Waals surface area contributed by atoms with Gasteiger partial charge in [0.1, 0.15) is 0 Å². The first-order chi connectivity index (χ1) is 5.74. The lowest BCUT2D eigenvalue weighted by atomic mass is 9.95. The molecule has 1 saturated carbocycles. The second-order valence-electron chi connectivity index (χ2n) is 4.03. The molecule has 2 heteroatoms. The van der Waals surface area contributed by atoms with Gasteiger partial charge >= 0.3 is 0 Å². The van der Waals surface area contributed by atoms with Gasteiger partial charge < -0.3 is 10.8 Å². The Hall–Kier alpha value is -0.0800. The molecule has 12 heavy (non-hydrogen) atoms. The SMILES string of the molecule is CCC(O)C(N)CC1CCCC1. The normalized spacial score (nSPS) is 24.2. The molecule has 0 aromatic carbocycles. The van der Waals surface area contributed by atoms with Gasteiger partial charge in [0, 0.05) is 6.04 Å². The zero-order valence-corrected chi connectivity index (χ0v) is 8.00. The maximum absolute atomic E-state index is 9.46. The maximum atomic E-state index is 9.46. The van der Waals surface area contributed by atoms with E-state index in [0.29, 0.717) is 0 Å². The first kappa shape index (κ1) is 10.0. The summed E-state index contributed by atoms with van der Waals surface area (Å²) in [4.78, 5) is 0.